The van der Waals surface area contributed by atoms with Crippen LogP contribution in [-0.2, 0) is 4.79 Å². The summed E-state index contributed by atoms with van der Waals surface area (Å²) in [5.74, 6) is 0.777. The molecule has 1 aliphatic heterocycles. The summed E-state index contributed by atoms with van der Waals surface area (Å²) in [4.78, 5) is 14.2. The predicted molar refractivity (Wildman–Crippen MR) is 67.3 cm³/mol. The van der Waals surface area contributed by atoms with Crippen LogP contribution in [0.4, 0.5) is 0 Å². The van der Waals surface area contributed by atoms with Crippen molar-refractivity contribution in [2.45, 2.75) is 46.6 Å². The van der Waals surface area contributed by atoms with Gasteiger partial charge in [-0.15, -0.1) is 0 Å². The first kappa shape index (κ1) is 13.5. The van der Waals surface area contributed by atoms with Gasteiger partial charge in [0.1, 0.15) is 0 Å². The van der Waals surface area contributed by atoms with E-state index >= 15 is 0 Å². The summed E-state index contributed by atoms with van der Waals surface area (Å²) >= 11 is 0. The molecule has 1 heterocycles. The molecular formula is C13H26N2O. The SMILES string of the molecule is CC(C)CN(C)C(=O)C1NCCCC1(C)C. The standard InChI is InChI=1S/C13H26N2O/c1-10(2)9-15(5)12(16)11-13(3,4)7-6-8-14-11/h10-11,14H,6-9H2,1-5H3. The zero-order valence-electron chi connectivity index (χ0n) is 11.3. The number of carbonyl (C=O) groups excluding carboxylic acids is 1. The molecule has 94 valence electrons. The smallest absolute Gasteiger partial charge is 0.240 e. The topological polar surface area (TPSA) is 32.3 Å². The van der Waals surface area contributed by atoms with Crippen molar-refractivity contribution in [2.24, 2.45) is 11.3 Å². The van der Waals surface area contributed by atoms with Gasteiger partial charge in [0.05, 0.1) is 6.04 Å². The van der Waals surface area contributed by atoms with Crippen LogP contribution in [-0.4, -0.2) is 37.0 Å². The van der Waals surface area contributed by atoms with Crippen molar-refractivity contribution in [3.63, 3.8) is 0 Å². The maximum Gasteiger partial charge on any atom is 0.240 e. The third-order valence-electron chi connectivity index (χ3n) is 3.39. The Morgan fingerprint density at radius 3 is 2.62 bits per heavy atom. The molecular weight excluding hydrogens is 200 g/mol. The van der Waals surface area contributed by atoms with E-state index in [1.165, 1.54) is 6.42 Å². The van der Waals surface area contributed by atoms with Crippen molar-refractivity contribution in [3.05, 3.63) is 0 Å². The van der Waals surface area contributed by atoms with Gasteiger partial charge in [-0.25, -0.2) is 0 Å². The molecule has 1 amide bonds. The molecule has 1 atom stereocenters. The number of rotatable bonds is 3. The highest BCUT2D eigenvalue weighted by Gasteiger charge is 2.38. The van der Waals surface area contributed by atoms with Gasteiger partial charge in [-0.2, -0.15) is 0 Å². The van der Waals surface area contributed by atoms with Gasteiger partial charge in [0.25, 0.3) is 0 Å². The minimum atomic E-state index is -0.00926. The summed E-state index contributed by atoms with van der Waals surface area (Å²) in [6.45, 7) is 10.5. The first-order chi connectivity index (χ1) is 7.34. The molecule has 1 N–H and O–H groups in total. The Bertz CT molecular complexity index is 248. The number of amides is 1. The van der Waals surface area contributed by atoms with Crippen LogP contribution in [0.3, 0.4) is 0 Å². The third kappa shape index (κ3) is 3.21. The van der Waals surface area contributed by atoms with E-state index in [9.17, 15) is 4.79 Å². The summed E-state index contributed by atoms with van der Waals surface area (Å²) in [5, 5.41) is 3.37. The van der Waals surface area contributed by atoms with Gasteiger partial charge in [0.15, 0.2) is 0 Å². The van der Waals surface area contributed by atoms with Gasteiger partial charge in [0.2, 0.25) is 5.91 Å². The molecule has 0 aromatic carbocycles. The summed E-state index contributed by atoms with van der Waals surface area (Å²) < 4.78 is 0. The number of carbonyl (C=O) groups is 1. The second-order valence-corrected chi connectivity index (χ2v) is 6.09. The second kappa shape index (κ2) is 5.17. The molecule has 0 bridgehead atoms. The zero-order chi connectivity index (χ0) is 12.3. The van der Waals surface area contributed by atoms with Crippen molar-refractivity contribution in [1.82, 2.24) is 10.2 Å². The van der Waals surface area contributed by atoms with Crippen LogP contribution in [0, 0.1) is 11.3 Å². The predicted octanol–water partition coefficient (Wildman–Crippen LogP) is 1.88. The molecule has 16 heavy (non-hydrogen) atoms. The lowest BCUT2D eigenvalue weighted by Crippen LogP contribution is -2.56. The Hall–Kier alpha value is -0.570. The van der Waals surface area contributed by atoms with Crippen LogP contribution in [0.5, 0.6) is 0 Å². The van der Waals surface area contributed by atoms with E-state index in [4.69, 9.17) is 0 Å². The van der Waals surface area contributed by atoms with Crippen LogP contribution in [0.1, 0.15) is 40.5 Å². The van der Waals surface area contributed by atoms with E-state index in [0.29, 0.717) is 5.92 Å². The Morgan fingerprint density at radius 1 is 1.50 bits per heavy atom. The third-order valence-corrected chi connectivity index (χ3v) is 3.39. The number of hydrogen-bond donors (Lipinski definition) is 1. The summed E-state index contributed by atoms with van der Waals surface area (Å²) in [6.07, 6.45) is 2.30. The molecule has 0 spiro atoms. The van der Waals surface area contributed by atoms with Crippen molar-refractivity contribution in [3.8, 4) is 0 Å². The van der Waals surface area contributed by atoms with E-state index < -0.39 is 0 Å². The Morgan fingerprint density at radius 2 is 2.12 bits per heavy atom. The van der Waals surface area contributed by atoms with Crippen LogP contribution < -0.4 is 5.32 Å². The molecule has 0 aromatic heterocycles. The summed E-state index contributed by atoms with van der Waals surface area (Å²) in [5.41, 5.74) is 0.0839. The zero-order valence-corrected chi connectivity index (χ0v) is 11.3. The molecule has 0 radical (unpaired) electrons. The lowest BCUT2D eigenvalue weighted by molar-refractivity contribution is -0.136. The largest absolute Gasteiger partial charge is 0.344 e. The number of likely N-dealkylation sites (N-methyl/N-ethyl adjacent to an activating group) is 1. The van der Waals surface area contributed by atoms with Crippen molar-refractivity contribution in [2.75, 3.05) is 20.1 Å². The average molecular weight is 226 g/mol. The van der Waals surface area contributed by atoms with Crippen molar-refractivity contribution in [1.29, 1.82) is 0 Å². The van der Waals surface area contributed by atoms with Gasteiger partial charge >= 0.3 is 0 Å². The van der Waals surface area contributed by atoms with Crippen LogP contribution in [0.25, 0.3) is 0 Å². The van der Waals surface area contributed by atoms with E-state index in [-0.39, 0.29) is 17.4 Å². The number of nitrogens with zero attached hydrogens (tertiary/aromatic N) is 1. The number of hydrogen-bond acceptors (Lipinski definition) is 2. The molecule has 1 saturated heterocycles. The fourth-order valence-corrected chi connectivity index (χ4v) is 2.49. The average Bonchev–Trinajstić information content (AvgIpc) is 2.15. The lowest BCUT2D eigenvalue weighted by Gasteiger charge is -2.40. The van der Waals surface area contributed by atoms with E-state index in [1.807, 2.05) is 11.9 Å². The molecule has 1 fully saturated rings. The molecule has 3 heteroatoms. The lowest BCUT2D eigenvalue weighted by atomic mass is 9.77. The fourth-order valence-electron chi connectivity index (χ4n) is 2.49. The first-order valence-electron chi connectivity index (χ1n) is 6.33. The number of nitrogens with one attached hydrogen (secondary N) is 1. The number of piperidine rings is 1. The minimum absolute atomic E-state index is 0.00926. The quantitative estimate of drug-likeness (QED) is 0.797. The fraction of sp³-hybridized carbons (Fsp3) is 0.923. The Labute approximate surface area is 99.6 Å². The summed E-state index contributed by atoms with van der Waals surface area (Å²) in [7, 11) is 1.91. The maximum absolute atomic E-state index is 12.3. The molecule has 0 aromatic rings. The molecule has 0 aliphatic carbocycles. The summed E-state index contributed by atoms with van der Waals surface area (Å²) in [6, 6.07) is -0.00926. The van der Waals surface area contributed by atoms with Gasteiger partial charge in [-0.1, -0.05) is 27.7 Å². The minimum Gasteiger partial charge on any atom is -0.344 e. The first-order valence-corrected chi connectivity index (χ1v) is 6.33. The second-order valence-electron chi connectivity index (χ2n) is 6.09. The van der Waals surface area contributed by atoms with Crippen LogP contribution in [0.2, 0.25) is 0 Å². The molecule has 1 rings (SSSR count). The highest BCUT2D eigenvalue weighted by molar-refractivity contribution is 5.82. The normalized spacial score (nSPS) is 24.5. The van der Waals surface area contributed by atoms with Gasteiger partial charge < -0.3 is 10.2 Å². The van der Waals surface area contributed by atoms with E-state index in [0.717, 1.165) is 19.5 Å². The molecule has 3 nitrogen and oxygen atoms in total. The van der Waals surface area contributed by atoms with Gasteiger partial charge in [0, 0.05) is 13.6 Å². The molecule has 1 aliphatic rings. The maximum atomic E-state index is 12.3. The van der Waals surface area contributed by atoms with Gasteiger partial charge in [-0.05, 0) is 30.7 Å². The Balaban J connectivity index is 2.64. The van der Waals surface area contributed by atoms with E-state index in [1.54, 1.807) is 0 Å². The molecule has 0 saturated carbocycles. The van der Waals surface area contributed by atoms with Gasteiger partial charge in [-0.3, -0.25) is 4.79 Å². The van der Waals surface area contributed by atoms with Crippen molar-refractivity contribution < 1.29 is 4.79 Å². The van der Waals surface area contributed by atoms with Crippen molar-refractivity contribution >= 4 is 5.91 Å². The highest BCUT2D eigenvalue weighted by atomic mass is 16.2. The Kier molecular flexibility index (Phi) is 4.36. The highest BCUT2D eigenvalue weighted by Crippen LogP contribution is 2.30. The monoisotopic (exact) mass is 226 g/mol. The van der Waals surface area contributed by atoms with Crippen LogP contribution >= 0.6 is 0 Å². The molecule has 1 unspecified atom stereocenters. The van der Waals surface area contributed by atoms with Crippen LogP contribution in [0.15, 0.2) is 0 Å². The van der Waals surface area contributed by atoms with E-state index in [2.05, 4.69) is 33.0 Å².